The summed E-state index contributed by atoms with van der Waals surface area (Å²) in [4.78, 5) is 11.7. The fourth-order valence-corrected chi connectivity index (χ4v) is 2.09. The fourth-order valence-electron chi connectivity index (χ4n) is 2.09. The van der Waals surface area contributed by atoms with E-state index in [4.69, 9.17) is 4.74 Å². The Morgan fingerprint density at radius 2 is 2.05 bits per heavy atom. The number of ether oxygens (including phenoxy) is 1. The van der Waals surface area contributed by atoms with Crippen LogP contribution in [0.4, 0.5) is 0 Å². The van der Waals surface area contributed by atoms with Crippen LogP contribution in [-0.4, -0.2) is 24.3 Å². The minimum atomic E-state index is -0.315. The van der Waals surface area contributed by atoms with Crippen molar-refractivity contribution in [2.75, 3.05) is 13.2 Å². The van der Waals surface area contributed by atoms with Crippen LogP contribution in [0.25, 0.3) is 6.08 Å². The SMILES string of the molecule is CCCCOC(=O)/C=C/c1cc(C(C)(C)C)ccc1CCO. The van der Waals surface area contributed by atoms with E-state index in [9.17, 15) is 9.90 Å². The third-order valence-corrected chi connectivity index (χ3v) is 3.53. The van der Waals surface area contributed by atoms with Crippen molar-refractivity contribution in [3.8, 4) is 0 Å². The van der Waals surface area contributed by atoms with Crippen molar-refractivity contribution in [1.29, 1.82) is 0 Å². The number of aliphatic hydroxyl groups is 1. The molecule has 0 bridgehead atoms. The molecule has 0 aliphatic carbocycles. The third kappa shape index (κ3) is 6.02. The Kier molecular flexibility index (Phi) is 7.33. The number of unbranched alkanes of at least 4 members (excludes halogenated alkanes) is 1. The Morgan fingerprint density at radius 1 is 1.32 bits per heavy atom. The van der Waals surface area contributed by atoms with Crippen LogP contribution < -0.4 is 0 Å². The smallest absolute Gasteiger partial charge is 0.330 e. The maximum Gasteiger partial charge on any atom is 0.330 e. The summed E-state index contributed by atoms with van der Waals surface area (Å²) in [6, 6.07) is 6.20. The highest BCUT2D eigenvalue weighted by molar-refractivity contribution is 5.87. The van der Waals surface area contributed by atoms with Gasteiger partial charge in [-0.2, -0.15) is 0 Å². The third-order valence-electron chi connectivity index (χ3n) is 3.53. The number of hydrogen-bond donors (Lipinski definition) is 1. The van der Waals surface area contributed by atoms with Gasteiger partial charge in [0.25, 0.3) is 0 Å². The van der Waals surface area contributed by atoms with Crippen LogP contribution in [-0.2, 0) is 21.4 Å². The predicted octanol–water partition coefficient (Wildman–Crippen LogP) is 3.88. The van der Waals surface area contributed by atoms with Gasteiger partial charge in [-0.25, -0.2) is 4.79 Å². The van der Waals surface area contributed by atoms with Crippen LogP contribution in [0.3, 0.4) is 0 Å². The molecule has 0 aliphatic heterocycles. The van der Waals surface area contributed by atoms with Gasteiger partial charge in [0.15, 0.2) is 0 Å². The van der Waals surface area contributed by atoms with Gasteiger partial charge in [0.1, 0.15) is 0 Å². The van der Waals surface area contributed by atoms with Gasteiger partial charge in [0.2, 0.25) is 0 Å². The van der Waals surface area contributed by atoms with E-state index >= 15 is 0 Å². The molecule has 22 heavy (non-hydrogen) atoms. The maximum absolute atomic E-state index is 11.7. The number of carbonyl (C=O) groups excluding carboxylic acids is 1. The molecule has 0 amide bonds. The zero-order chi connectivity index (χ0) is 16.6. The molecule has 0 heterocycles. The van der Waals surface area contributed by atoms with Crippen molar-refractivity contribution in [3.63, 3.8) is 0 Å². The standard InChI is InChI=1S/C19H28O3/c1-5-6-13-22-18(21)10-8-16-14-17(19(2,3)4)9-7-15(16)11-12-20/h7-10,14,20H,5-6,11-13H2,1-4H3/b10-8+. The predicted molar refractivity (Wildman–Crippen MR) is 90.8 cm³/mol. The second-order valence-electron chi connectivity index (χ2n) is 6.49. The van der Waals surface area contributed by atoms with Crippen molar-refractivity contribution >= 4 is 12.0 Å². The summed E-state index contributed by atoms with van der Waals surface area (Å²) in [5.41, 5.74) is 3.25. The summed E-state index contributed by atoms with van der Waals surface area (Å²) in [7, 11) is 0. The molecule has 0 atom stereocenters. The van der Waals surface area contributed by atoms with Crippen LogP contribution in [0.2, 0.25) is 0 Å². The van der Waals surface area contributed by atoms with Gasteiger partial charge >= 0.3 is 5.97 Å². The molecule has 0 saturated heterocycles. The Labute approximate surface area is 134 Å². The molecule has 0 spiro atoms. The highest BCUT2D eigenvalue weighted by Gasteiger charge is 2.14. The number of carbonyl (C=O) groups is 1. The number of aliphatic hydroxyl groups excluding tert-OH is 1. The molecule has 1 aromatic carbocycles. The Hall–Kier alpha value is -1.61. The van der Waals surface area contributed by atoms with Crippen LogP contribution in [0, 0.1) is 0 Å². The van der Waals surface area contributed by atoms with Gasteiger partial charge in [-0.15, -0.1) is 0 Å². The van der Waals surface area contributed by atoms with Gasteiger partial charge in [0, 0.05) is 12.7 Å². The van der Waals surface area contributed by atoms with Crippen LogP contribution in [0.15, 0.2) is 24.3 Å². The number of rotatable bonds is 7. The molecule has 0 unspecified atom stereocenters. The van der Waals surface area contributed by atoms with Gasteiger partial charge < -0.3 is 9.84 Å². The molecule has 122 valence electrons. The summed E-state index contributed by atoms with van der Waals surface area (Å²) >= 11 is 0. The Morgan fingerprint density at radius 3 is 2.64 bits per heavy atom. The largest absolute Gasteiger partial charge is 0.463 e. The summed E-state index contributed by atoms with van der Waals surface area (Å²) in [6.07, 6.45) is 5.72. The van der Waals surface area contributed by atoms with Crippen molar-refractivity contribution in [2.45, 2.75) is 52.4 Å². The van der Waals surface area contributed by atoms with Crippen LogP contribution in [0.1, 0.15) is 57.2 Å². The number of esters is 1. The van der Waals surface area contributed by atoms with E-state index in [0.717, 1.165) is 24.0 Å². The lowest BCUT2D eigenvalue weighted by atomic mass is 9.85. The molecule has 1 N–H and O–H groups in total. The molecule has 0 aliphatic rings. The minimum Gasteiger partial charge on any atom is -0.463 e. The number of hydrogen-bond acceptors (Lipinski definition) is 3. The maximum atomic E-state index is 11.7. The molecule has 3 heteroatoms. The van der Waals surface area contributed by atoms with E-state index in [1.54, 1.807) is 6.08 Å². The van der Waals surface area contributed by atoms with Gasteiger partial charge in [0.05, 0.1) is 6.61 Å². The fraction of sp³-hybridized carbons (Fsp3) is 0.526. The summed E-state index contributed by atoms with van der Waals surface area (Å²) in [5.74, 6) is -0.315. The lowest BCUT2D eigenvalue weighted by Gasteiger charge is -2.20. The van der Waals surface area contributed by atoms with E-state index in [0.29, 0.717) is 13.0 Å². The van der Waals surface area contributed by atoms with Gasteiger partial charge in [-0.3, -0.25) is 0 Å². The first-order chi connectivity index (χ1) is 10.4. The molecule has 1 aromatic rings. The van der Waals surface area contributed by atoms with Gasteiger partial charge in [-0.05, 0) is 41.0 Å². The monoisotopic (exact) mass is 304 g/mol. The van der Waals surface area contributed by atoms with Crippen LogP contribution >= 0.6 is 0 Å². The second kappa shape index (κ2) is 8.74. The van der Waals surface area contributed by atoms with Crippen molar-refractivity contribution in [2.24, 2.45) is 0 Å². The highest BCUT2D eigenvalue weighted by Crippen LogP contribution is 2.25. The molecular formula is C19H28O3. The van der Waals surface area contributed by atoms with Crippen LogP contribution in [0.5, 0.6) is 0 Å². The first-order valence-electron chi connectivity index (χ1n) is 7.97. The molecule has 0 radical (unpaired) electrons. The van der Waals surface area contributed by atoms with E-state index in [2.05, 4.69) is 39.8 Å². The lowest BCUT2D eigenvalue weighted by Crippen LogP contribution is -2.11. The Bertz CT molecular complexity index is 510. The highest BCUT2D eigenvalue weighted by atomic mass is 16.5. The topological polar surface area (TPSA) is 46.5 Å². The van der Waals surface area contributed by atoms with Crippen molar-refractivity contribution in [3.05, 3.63) is 41.0 Å². The summed E-state index contributed by atoms with van der Waals surface area (Å²) in [5, 5.41) is 9.18. The Balaban J connectivity index is 2.92. The molecule has 0 saturated carbocycles. The van der Waals surface area contributed by atoms with Crippen molar-refractivity contribution in [1.82, 2.24) is 0 Å². The molecule has 3 nitrogen and oxygen atoms in total. The number of benzene rings is 1. The van der Waals surface area contributed by atoms with E-state index < -0.39 is 0 Å². The zero-order valence-electron chi connectivity index (χ0n) is 14.2. The molecule has 0 aromatic heterocycles. The minimum absolute atomic E-state index is 0.0436. The second-order valence-corrected chi connectivity index (χ2v) is 6.49. The molecule has 0 fully saturated rings. The summed E-state index contributed by atoms with van der Waals surface area (Å²) < 4.78 is 5.13. The zero-order valence-corrected chi connectivity index (χ0v) is 14.2. The lowest BCUT2D eigenvalue weighted by molar-refractivity contribution is -0.137. The quantitative estimate of drug-likeness (QED) is 0.472. The normalized spacial score (nSPS) is 11.9. The molecular weight excluding hydrogens is 276 g/mol. The summed E-state index contributed by atoms with van der Waals surface area (Å²) in [6.45, 7) is 9.08. The van der Waals surface area contributed by atoms with E-state index in [-0.39, 0.29) is 18.0 Å². The van der Waals surface area contributed by atoms with Crippen molar-refractivity contribution < 1.29 is 14.6 Å². The molecule has 1 rings (SSSR count). The first kappa shape index (κ1) is 18.4. The average molecular weight is 304 g/mol. The first-order valence-corrected chi connectivity index (χ1v) is 7.97. The average Bonchev–Trinajstić information content (AvgIpc) is 2.45. The van der Waals surface area contributed by atoms with Gasteiger partial charge in [-0.1, -0.05) is 52.3 Å². The van der Waals surface area contributed by atoms with E-state index in [1.807, 2.05) is 6.07 Å². The van der Waals surface area contributed by atoms with E-state index in [1.165, 1.54) is 11.6 Å².